The second kappa shape index (κ2) is 8.31. The first-order valence-electron chi connectivity index (χ1n) is 9.77. The van der Waals surface area contributed by atoms with E-state index in [1.807, 2.05) is 36.4 Å². The molecule has 0 saturated carbocycles. The first-order valence-corrected chi connectivity index (χ1v) is 9.77. The Hall–Kier alpha value is -3.40. The lowest BCUT2D eigenvalue weighted by molar-refractivity contribution is -0.151. The number of benzene rings is 2. The minimum Gasteiger partial charge on any atom is -0.469 e. The molecule has 1 heterocycles. The lowest BCUT2D eigenvalue weighted by atomic mass is 9.75. The van der Waals surface area contributed by atoms with Crippen LogP contribution in [0.2, 0.25) is 0 Å². The Morgan fingerprint density at radius 2 is 1.66 bits per heavy atom. The van der Waals surface area contributed by atoms with Crippen LogP contribution in [-0.2, 0) is 14.3 Å². The minimum absolute atomic E-state index is 0.238. The number of esters is 1. The first kappa shape index (κ1) is 18.9. The predicted molar refractivity (Wildman–Crippen MR) is 111 cm³/mol. The van der Waals surface area contributed by atoms with Crippen LogP contribution in [0.5, 0.6) is 0 Å². The SMILES string of the molecule is CCOC(=O)C1C(=O)C=C(c2ccc(-c3ccccc3)cc2)CC1c1ccco1. The smallest absolute Gasteiger partial charge is 0.317 e. The van der Waals surface area contributed by atoms with E-state index in [1.54, 1.807) is 25.3 Å². The highest BCUT2D eigenvalue weighted by molar-refractivity contribution is 6.10. The van der Waals surface area contributed by atoms with Crippen molar-refractivity contribution in [2.24, 2.45) is 5.92 Å². The Kier molecular flexibility index (Phi) is 5.43. The summed E-state index contributed by atoms with van der Waals surface area (Å²) in [7, 11) is 0. The van der Waals surface area contributed by atoms with Crippen molar-refractivity contribution in [3.8, 4) is 11.1 Å². The van der Waals surface area contributed by atoms with Crippen LogP contribution in [0.15, 0.2) is 83.5 Å². The second-order valence-corrected chi connectivity index (χ2v) is 7.07. The average molecular weight is 386 g/mol. The summed E-state index contributed by atoms with van der Waals surface area (Å²) in [5.41, 5.74) is 4.13. The average Bonchev–Trinajstić information content (AvgIpc) is 3.29. The van der Waals surface area contributed by atoms with E-state index in [-0.39, 0.29) is 18.3 Å². The summed E-state index contributed by atoms with van der Waals surface area (Å²) >= 11 is 0. The van der Waals surface area contributed by atoms with Crippen LogP contribution >= 0.6 is 0 Å². The van der Waals surface area contributed by atoms with E-state index in [0.717, 1.165) is 22.3 Å². The monoisotopic (exact) mass is 386 g/mol. The third kappa shape index (κ3) is 3.92. The molecule has 0 fully saturated rings. The summed E-state index contributed by atoms with van der Waals surface area (Å²) in [6.07, 6.45) is 3.68. The molecule has 1 aromatic heterocycles. The Morgan fingerprint density at radius 3 is 2.31 bits per heavy atom. The van der Waals surface area contributed by atoms with Crippen molar-refractivity contribution in [2.45, 2.75) is 19.3 Å². The van der Waals surface area contributed by atoms with Crippen LogP contribution in [0.25, 0.3) is 16.7 Å². The summed E-state index contributed by atoms with van der Waals surface area (Å²) in [6, 6.07) is 21.9. The molecule has 146 valence electrons. The first-order chi connectivity index (χ1) is 14.2. The Labute approximate surface area is 169 Å². The molecular formula is C25H22O4. The van der Waals surface area contributed by atoms with E-state index in [1.165, 1.54) is 0 Å². The number of carbonyl (C=O) groups excluding carboxylic acids is 2. The number of furan rings is 1. The van der Waals surface area contributed by atoms with Gasteiger partial charge in [0, 0.05) is 5.92 Å². The predicted octanol–water partition coefficient (Wildman–Crippen LogP) is 5.27. The molecule has 4 rings (SSSR count). The quantitative estimate of drug-likeness (QED) is 0.443. The summed E-state index contributed by atoms with van der Waals surface area (Å²) < 4.78 is 10.7. The molecule has 0 bridgehead atoms. The number of allylic oxidation sites excluding steroid dienone is 2. The fourth-order valence-corrected chi connectivity index (χ4v) is 3.86. The third-order valence-electron chi connectivity index (χ3n) is 5.28. The van der Waals surface area contributed by atoms with E-state index in [2.05, 4.69) is 24.3 Å². The molecular weight excluding hydrogens is 364 g/mol. The van der Waals surface area contributed by atoms with E-state index in [0.29, 0.717) is 12.2 Å². The van der Waals surface area contributed by atoms with E-state index >= 15 is 0 Å². The molecule has 3 aromatic rings. The zero-order chi connectivity index (χ0) is 20.2. The maximum atomic E-state index is 12.9. The standard InChI is InChI=1S/C25H22O4/c1-2-28-25(27)24-21(23-9-6-14-29-23)15-20(16-22(24)26)19-12-10-18(11-13-19)17-7-4-3-5-8-17/h3-14,16,21,24H,2,15H2,1H3. The summed E-state index contributed by atoms with van der Waals surface area (Å²) in [5, 5.41) is 0. The fourth-order valence-electron chi connectivity index (χ4n) is 3.86. The second-order valence-electron chi connectivity index (χ2n) is 7.07. The summed E-state index contributed by atoms with van der Waals surface area (Å²) in [6.45, 7) is 1.98. The van der Waals surface area contributed by atoms with Gasteiger partial charge < -0.3 is 9.15 Å². The number of carbonyl (C=O) groups is 2. The van der Waals surface area contributed by atoms with Crippen LogP contribution < -0.4 is 0 Å². The Bertz CT molecular complexity index is 1010. The lowest BCUT2D eigenvalue weighted by Crippen LogP contribution is -2.33. The number of ether oxygens (including phenoxy) is 1. The maximum Gasteiger partial charge on any atom is 0.317 e. The normalized spacial score (nSPS) is 18.9. The maximum absolute atomic E-state index is 12.9. The molecule has 0 radical (unpaired) electrons. The van der Waals surface area contributed by atoms with Gasteiger partial charge in [0.05, 0.1) is 12.9 Å². The number of hydrogen-bond donors (Lipinski definition) is 0. The van der Waals surface area contributed by atoms with E-state index in [9.17, 15) is 9.59 Å². The topological polar surface area (TPSA) is 56.5 Å². The summed E-state index contributed by atoms with van der Waals surface area (Å²) in [5.74, 6) is -1.34. The van der Waals surface area contributed by atoms with Crippen molar-refractivity contribution in [3.05, 3.63) is 90.4 Å². The molecule has 4 heteroatoms. The fraction of sp³-hybridized carbons (Fsp3) is 0.200. The van der Waals surface area contributed by atoms with Crippen LogP contribution in [0, 0.1) is 5.92 Å². The van der Waals surface area contributed by atoms with Crippen molar-refractivity contribution < 1.29 is 18.7 Å². The zero-order valence-corrected chi connectivity index (χ0v) is 16.2. The molecule has 0 N–H and O–H groups in total. The van der Waals surface area contributed by atoms with Crippen LogP contribution in [0.4, 0.5) is 0 Å². The highest BCUT2D eigenvalue weighted by Crippen LogP contribution is 2.40. The molecule has 0 amide bonds. The number of ketones is 1. The van der Waals surface area contributed by atoms with E-state index in [4.69, 9.17) is 9.15 Å². The van der Waals surface area contributed by atoms with Gasteiger partial charge in [-0.25, -0.2) is 0 Å². The van der Waals surface area contributed by atoms with Crippen molar-refractivity contribution in [2.75, 3.05) is 6.61 Å². The lowest BCUT2D eigenvalue weighted by Gasteiger charge is -2.27. The Balaban J connectivity index is 1.65. The molecule has 2 aromatic carbocycles. The van der Waals surface area contributed by atoms with Crippen LogP contribution in [0.3, 0.4) is 0 Å². The van der Waals surface area contributed by atoms with Gasteiger partial charge in [0.1, 0.15) is 11.7 Å². The van der Waals surface area contributed by atoms with Gasteiger partial charge in [-0.15, -0.1) is 0 Å². The number of rotatable bonds is 5. The highest BCUT2D eigenvalue weighted by atomic mass is 16.5. The third-order valence-corrected chi connectivity index (χ3v) is 5.28. The highest BCUT2D eigenvalue weighted by Gasteiger charge is 2.41. The van der Waals surface area contributed by atoms with Crippen LogP contribution in [-0.4, -0.2) is 18.4 Å². The Morgan fingerprint density at radius 1 is 0.966 bits per heavy atom. The van der Waals surface area contributed by atoms with Gasteiger partial charge in [-0.1, -0.05) is 54.6 Å². The van der Waals surface area contributed by atoms with Gasteiger partial charge in [-0.05, 0) is 53.8 Å². The van der Waals surface area contributed by atoms with Crippen molar-refractivity contribution in [1.29, 1.82) is 0 Å². The zero-order valence-electron chi connectivity index (χ0n) is 16.2. The summed E-state index contributed by atoms with van der Waals surface area (Å²) in [4.78, 5) is 25.3. The van der Waals surface area contributed by atoms with Crippen molar-refractivity contribution >= 4 is 17.3 Å². The molecule has 0 aliphatic heterocycles. The van der Waals surface area contributed by atoms with E-state index < -0.39 is 11.9 Å². The molecule has 1 aliphatic carbocycles. The van der Waals surface area contributed by atoms with Gasteiger partial charge in [0.25, 0.3) is 0 Å². The molecule has 4 nitrogen and oxygen atoms in total. The van der Waals surface area contributed by atoms with Crippen molar-refractivity contribution in [3.63, 3.8) is 0 Å². The minimum atomic E-state index is -0.867. The van der Waals surface area contributed by atoms with Gasteiger partial charge in [0.2, 0.25) is 0 Å². The van der Waals surface area contributed by atoms with Crippen molar-refractivity contribution in [1.82, 2.24) is 0 Å². The molecule has 1 aliphatic rings. The molecule has 0 spiro atoms. The van der Waals surface area contributed by atoms with Gasteiger partial charge in [0.15, 0.2) is 5.78 Å². The molecule has 0 saturated heterocycles. The molecule has 2 atom stereocenters. The van der Waals surface area contributed by atoms with Gasteiger partial charge in [-0.2, -0.15) is 0 Å². The van der Waals surface area contributed by atoms with Gasteiger partial charge in [-0.3, -0.25) is 9.59 Å². The van der Waals surface area contributed by atoms with Gasteiger partial charge >= 0.3 is 5.97 Å². The number of hydrogen-bond acceptors (Lipinski definition) is 4. The largest absolute Gasteiger partial charge is 0.469 e. The van der Waals surface area contributed by atoms with Crippen LogP contribution in [0.1, 0.15) is 30.6 Å². The molecule has 2 unspecified atom stereocenters. The molecule has 29 heavy (non-hydrogen) atoms.